The van der Waals surface area contributed by atoms with Gasteiger partial charge < -0.3 is 15.2 Å². The maximum Gasteiger partial charge on any atom is 0.103 e. The molecule has 2 unspecified atom stereocenters. The van der Waals surface area contributed by atoms with Crippen LogP contribution in [-0.4, -0.2) is 31.5 Å². The van der Waals surface area contributed by atoms with Crippen molar-refractivity contribution in [3.05, 3.63) is 0 Å². The van der Waals surface area contributed by atoms with Crippen LogP contribution in [0.5, 0.6) is 0 Å². The summed E-state index contributed by atoms with van der Waals surface area (Å²) in [5.41, 5.74) is 4.89. The van der Waals surface area contributed by atoms with Gasteiger partial charge in [0.05, 0.1) is 25.4 Å². The molecule has 2 atom stereocenters. The Morgan fingerprint density at radius 1 is 1.40 bits per heavy atom. The predicted octanol–water partition coefficient (Wildman–Crippen LogP) is 1.45. The van der Waals surface area contributed by atoms with Crippen molar-refractivity contribution in [1.29, 1.82) is 5.26 Å². The fourth-order valence-corrected chi connectivity index (χ4v) is 1.26. The lowest BCUT2D eigenvalue weighted by atomic mass is 9.98. The van der Waals surface area contributed by atoms with E-state index in [1.54, 1.807) is 6.92 Å². The maximum absolute atomic E-state index is 8.73. The Morgan fingerprint density at radius 2 is 2.07 bits per heavy atom. The highest BCUT2D eigenvalue weighted by molar-refractivity contribution is 5.01. The van der Waals surface area contributed by atoms with Crippen LogP contribution < -0.4 is 5.73 Å². The molecular weight excluding hydrogens is 192 g/mol. The second-order valence-electron chi connectivity index (χ2n) is 4.03. The molecule has 0 spiro atoms. The Balaban J connectivity index is 3.50. The number of nitrogens with zero attached hydrogens (tertiary/aromatic N) is 1. The molecule has 0 saturated heterocycles. The molecule has 4 heteroatoms. The van der Waals surface area contributed by atoms with Crippen molar-refractivity contribution in [3.63, 3.8) is 0 Å². The smallest absolute Gasteiger partial charge is 0.103 e. The lowest BCUT2D eigenvalue weighted by Crippen LogP contribution is -2.38. The number of nitrogens with two attached hydrogens (primary N) is 1. The fraction of sp³-hybridized carbons (Fsp3) is 0.909. The fourth-order valence-electron chi connectivity index (χ4n) is 1.26. The molecule has 0 fully saturated rings. The van der Waals surface area contributed by atoms with Gasteiger partial charge in [-0.3, -0.25) is 0 Å². The predicted molar refractivity (Wildman–Crippen MR) is 59.3 cm³/mol. The van der Waals surface area contributed by atoms with E-state index in [1.165, 1.54) is 0 Å². The first kappa shape index (κ1) is 14.4. The van der Waals surface area contributed by atoms with E-state index in [4.69, 9.17) is 20.5 Å². The summed E-state index contributed by atoms with van der Waals surface area (Å²) in [6.45, 7) is 7.62. The number of hydrogen-bond donors (Lipinski definition) is 1. The van der Waals surface area contributed by atoms with E-state index in [-0.39, 0.29) is 6.10 Å². The number of rotatable bonds is 8. The lowest BCUT2D eigenvalue weighted by Gasteiger charge is -2.20. The number of nitriles is 1. The van der Waals surface area contributed by atoms with Gasteiger partial charge in [-0.05, 0) is 20.3 Å². The Bertz CT molecular complexity index is 199. The second-order valence-corrected chi connectivity index (χ2v) is 4.03. The van der Waals surface area contributed by atoms with Gasteiger partial charge in [0.2, 0.25) is 0 Å². The average Bonchev–Trinajstić information content (AvgIpc) is 2.17. The standard InChI is InChI=1S/C11H22N2O2/c1-4-5-14-6-7-15-10(2)8-11(3,13)9-12/h10H,4-8,13H2,1-3H3. The summed E-state index contributed by atoms with van der Waals surface area (Å²) in [5, 5.41) is 8.73. The molecule has 2 N–H and O–H groups in total. The molecule has 15 heavy (non-hydrogen) atoms. The van der Waals surface area contributed by atoms with E-state index in [0.717, 1.165) is 13.0 Å². The van der Waals surface area contributed by atoms with Crippen molar-refractivity contribution in [3.8, 4) is 6.07 Å². The summed E-state index contributed by atoms with van der Waals surface area (Å²) >= 11 is 0. The lowest BCUT2D eigenvalue weighted by molar-refractivity contribution is 0.00469. The van der Waals surface area contributed by atoms with Gasteiger partial charge in [-0.15, -0.1) is 0 Å². The first-order valence-electron chi connectivity index (χ1n) is 5.41. The molecule has 0 aromatic carbocycles. The average molecular weight is 214 g/mol. The highest BCUT2D eigenvalue weighted by Crippen LogP contribution is 2.09. The van der Waals surface area contributed by atoms with Crippen LogP contribution in [-0.2, 0) is 9.47 Å². The zero-order valence-corrected chi connectivity index (χ0v) is 9.95. The van der Waals surface area contributed by atoms with E-state index in [0.29, 0.717) is 19.6 Å². The van der Waals surface area contributed by atoms with Crippen LogP contribution in [0.4, 0.5) is 0 Å². The third-order valence-corrected chi connectivity index (χ3v) is 1.95. The third kappa shape index (κ3) is 8.37. The van der Waals surface area contributed by atoms with Gasteiger partial charge in [0.25, 0.3) is 0 Å². The maximum atomic E-state index is 8.73. The van der Waals surface area contributed by atoms with Crippen LogP contribution in [0, 0.1) is 11.3 Å². The van der Waals surface area contributed by atoms with Gasteiger partial charge in [0.15, 0.2) is 0 Å². The van der Waals surface area contributed by atoms with E-state index >= 15 is 0 Å². The largest absolute Gasteiger partial charge is 0.379 e. The van der Waals surface area contributed by atoms with Crippen molar-refractivity contribution in [2.45, 2.75) is 45.3 Å². The Labute approximate surface area is 92.3 Å². The van der Waals surface area contributed by atoms with Gasteiger partial charge >= 0.3 is 0 Å². The third-order valence-electron chi connectivity index (χ3n) is 1.95. The normalized spacial score (nSPS) is 16.7. The number of ether oxygens (including phenoxy) is 2. The molecule has 88 valence electrons. The van der Waals surface area contributed by atoms with Crippen LogP contribution in [0.25, 0.3) is 0 Å². The highest BCUT2D eigenvalue weighted by Gasteiger charge is 2.21. The van der Waals surface area contributed by atoms with Crippen molar-refractivity contribution in [2.24, 2.45) is 5.73 Å². The molecular formula is C11H22N2O2. The molecule has 0 aromatic rings. The van der Waals surface area contributed by atoms with Gasteiger partial charge in [-0.25, -0.2) is 0 Å². The van der Waals surface area contributed by atoms with Gasteiger partial charge in [-0.2, -0.15) is 5.26 Å². The van der Waals surface area contributed by atoms with Crippen molar-refractivity contribution in [1.82, 2.24) is 0 Å². The second kappa shape index (κ2) is 7.63. The van der Waals surface area contributed by atoms with Crippen LogP contribution in [0.1, 0.15) is 33.6 Å². The summed E-state index contributed by atoms with van der Waals surface area (Å²) < 4.78 is 10.7. The Morgan fingerprint density at radius 3 is 2.60 bits per heavy atom. The monoisotopic (exact) mass is 214 g/mol. The SMILES string of the molecule is CCCOCCOC(C)CC(C)(N)C#N. The summed E-state index contributed by atoms with van der Waals surface area (Å²) in [7, 11) is 0. The molecule has 4 nitrogen and oxygen atoms in total. The molecule has 0 bridgehead atoms. The Hall–Kier alpha value is -0.630. The van der Waals surface area contributed by atoms with Crippen molar-refractivity contribution < 1.29 is 9.47 Å². The molecule has 0 heterocycles. The Kier molecular flexibility index (Phi) is 7.31. The van der Waals surface area contributed by atoms with E-state index in [9.17, 15) is 0 Å². The minimum Gasteiger partial charge on any atom is -0.379 e. The van der Waals surface area contributed by atoms with E-state index < -0.39 is 5.54 Å². The molecule has 0 amide bonds. The minimum atomic E-state index is -0.802. The zero-order chi connectivity index (χ0) is 11.7. The topological polar surface area (TPSA) is 68.3 Å². The van der Waals surface area contributed by atoms with Crippen molar-refractivity contribution >= 4 is 0 Å². The summed E-state index contributed by atoms with van der Waals surface area (Å²) in [5.74, 6) is 0. The molecule has 0 aromatic heterocycles. The number of hydrogen-bond acceptors (Lipinski definition) is 4. The molecule has 0 rings (SSSR count). The van der Waals surface area contributed by atoms with Gasteiger partial charge in [0.1, 0.15) is 5.54 Å². The molecule has 0 aliphatic rings. The van der Waals surface area contributed by atoms with Crippen LogP contribution in [0.3, 0.4) is 0 Å². The molecule has 0 aliphatic carbocycles. The summed E-state index contributed by atoms with van der Waals surface area (Å²) in [4.78, 5) is 0. The quantitative estimate of drug-likeness (QED) is 0.621. The van der Waals surface area contributed by atoms with E-state index in [1.807, 2.05) is 13.0 Å². The molecule has 0 saturated carbocycles. The van der Waals surface area contributed by atoms with Gasteiger partial charge in [0, 0.05) is 13.0 Å². The van der Waals surface area contributed by atoms with E-state index in [2.05, 4.69) is 6.92 Å². The van der Waals surface area contributed by atoms with Crippen LogP contribution in [0.2, 0.25) is 0 Å². The van der Waals surface area contributed by atoms with Gasteiger partial charge in [-0.1, -0.05) is 6.92 Å². The summed E-state index contributed by atoms with van der Waals surface area (Å²) in [6.07, 6.45) is 1.55. The summed E-state index contributed by atoms with van der Waals surface area (Å²) in [6, 6.07) is 2.05. The first-order chi connectivity index (χ1) is 7.02. The van der Waals surface area contributed by atoms with Crippen LogP contribution >= 0.6 is 0 Å². The van der Waals surface area contributed by atoms with Crippen LogP contribution in [0.15, 0.2) is 0 Å². The minimum absolute atomic E-state index is 0.00937. The first-order valence-corrected chi connectivity index (χ1v) is 5.41. The molecule has 0 aliphatic heterocycles. The molecule has 0 radical (unpaired) electrons. The highest BCUT2D eigenvalue weighted by atomic mass is 16.5. The zero-order valence-electron chi connectivity index (χ0n) is 9.95. The van der Waals surface area contributed by atoms with Crippen molar-refractivity contribution in [2.75, 3.05) is 19.8 Å².